The van der Waals surface area contributed by atoms with E-state index in [1.54, 1.807) is 43.2 Å². The largest absolute Gasteiger partial charge is 0.434 e. The lowest BCUT2D eigenvalue weighted by Gasteiger charge is -2.17. The summed E-state index contributed by atoms with van der Waals surface area (Å²) in [5.74, 6) is -0.844. The van der Waals surface area contributed by atoms with Crippen molar-refractivity contribution in [3.63, 3.8) is 0 Å². The average molecular weight is 455 g/mol. The van der Waals surface area contributed by atoms with Crippen molar-refractivity contribution in [2.24, 2.45) is 7.05 Å². The van der Waals surface area contributed by atoms with Gasteiger partial charge in [0.1, 0.15) is 11.8 Å². The first-order valence-electron chi connectivity index (χ1n) is 9.66. The smallest absolute Gasteiger partial charge is 0.352 e. The van der Waals surface area contributed by atoms with Crippen molar-refractivity contribution in [1.29, 1.82) is 10.7 Å². The minimum absolute atomic E-state index is 0.0415. The number of nitrogens with one attached hydrogen (secondary N) is 3. The van der Waals surface area contributed by atoms with Gasteiger partial charge in [0.2, 0.25) is 0 Å². The van der Waals surface area contributed by atoms with Crippen molar-refractivity contribution in [1.82, 2.24) is 14.8 Å². The Hall–Kier alpha value is -4.20. The second kappa shape index (κ2) is 8.74. The molecule has 1 amide bonds. The molecule has 3 rings (SSSR count). The van der Waals surface area contributed by atoms with Gasteiger partial charge in [-0.1, -0.05) is 0 Å². The summed E-state index contributed by atoms with van der Waals surface area (Å²) in [6.07, 6.45) is -0.446. The number of carbonyl (C=O) groups excluding carboxylic acids is 1. The second-order valence-electron chi connectivity index (χ2n) is 7.42. The predicted octanol–water partition coefficient (Wildman–Crippen LogP) is 4.62. The molecule has 2 heterocycles. The van der Waals surface area contributed by atoms with E-state index in [1.165, 1.54) is 19.9 Å². The number of halogens is 3. The molecular formula is C22H20F3N7O. The van der Waals surface area contributed by atoms with Crippen LogP contribution in [0.4, 0.5) is 30.2 Å². The summed E-state index contributed by atoms with van der Waals surface area (Å²) in [7, 11) is 1.74. The van der Waals surface area contributed by atoms with Crippen LogP contribution in [0.2, 0.25) is 0 Å². The van der Waals surface area contributed by atoms with E-state index in [9.17, 15) is 18.0 Å². The van der Waals surface area contributed by atoms with Crippen LogP contribution in [-0.4, -0.2) is 26.9 Å². The highest BCUT2D eigenvalue weighted by molar-refractivity contribution is 6.05. The van der Waals surface area contributed by atoms with Crippen LogP contribution in [0, 0.1) is 37.5 Å². The van der Waals surface area contributed by atoms with Crippen LogP contribution in [0.3, 0.4) is 0 Å². The maximum Gasteiger partial charge on any atom is 0.434 e. The fraction of sp³-hybridized carbons (Fsp3) is 0.227. The summed E-state index contributed by atoms with van der Waals surface area (Å²) in [4.78, 5) is 16.4. The molecule has 3 aromatic rings. The molecule has 0 saturated heterocycles. The van der Waals surface area contributed by atoms with E-state index in [0.29, 0.717) is 28.2 Å². The summed E-state index contributed by atoms with van der Waals surface area (Å²) in [6, 6.07) is 4.77. The zero-order chi connectivity index (χ0) is 24.5. The maximum atomic E-state index is 13.4. The highest BCUT2D eigenvalue weighted by Gasteiger charge is 2.38. The van der Waals surface area contributed by atoms with Gasteiger partial charge in [-0.2, -0.15) is 23.5 Å². The number of alkyl halides is 3. The van der Waals surface area contributed by atoms with Crippen LogP contribution in [0.25, 0.3) is 0 Å². The standard InChI is InChI=1S/C22H20F3N7O/c1-11-5-14(7-26)18(29-15-9-28-32(4)10-15)6-17(11)30-21(33)19-13(3)12(2)16(8-27)20(31-19)22(23,24)25/h5-7,9-10,26,29H,1-4H3,(H,30,33). The van der Waals surface area contributed by atoms with Crippen LogP contribution >= 0.6 is 0 Å². The first-order valence-corrected chi connectivity index (χ1v) is 9.66. The van der Waals surface area contributed by atoms with E-state index in [4.69, 9.17) is 10.7 Å². The molecular weight excluding hydrogens is 435 g/mol. The number of rotatable bonds is 5. The van der Waals surface area contributed by atoms with Gasteiger partial charge < -0.3 is 16.0 Å². The summed E-state index contributed by atoms with van der Waals surface area (Å²) >= 11 is 0. The molecule has 11 heteroatoms. The number of hydrogen-bond donors (Lipinski definition) is 3. The van der Waals surface area contributed by atoms with E-state index in [2.05, 4.69) is 20.7 Å². The van der Waals surface area contributed by atoms with Crippen LogP contribution in [0.5, 0.6) is 0 Å². The highest BCUT2D eigenvalue weighted by Crippen LogP contribution is 2.34. The topological polar surface area (TPSA) is 119 Å². The minimum atomic E-state index is -4.89. The van der Waals surface area contributed by atoms with Crippen molar-refractivity contribution in [2.75, 3.05) is 10.6 Å². The van der Waals surface area contributed by atoms with E-state index in [1.807, 2.05) is 0 Å². The predicted molar refractivity (Wildman–Crippen MR) is 117 cm³/mol. The normalized spacial score (nSPS) is 11.1. The molecule has 0 fully saturated rings. The summed E-state index contributed by atoms with van der Waals surface area (Å²) in [6.45, 7) is 4.49. The number of benzene rings is 1. The summed E-state index contributed by atoms with van der Waals surface area (Å²) < 4.78 is 41.9. The molecule has 0 unspecified atom stereocenters. The molecule has 0 bridgehead atoms. The number of amides is 1. The molecule has 0 aliphatic heterocycles. The van der Waals surface area contributed by atoms with E-state index < -0.39 is 29.0 Å². The molecule has 3 N–H and O–H groups in total. The Labute approximate surface area is 187 Å². The first-order chi connectivity index (χ1) is 15.5. The van der Waals surface area contributed by atoms with Crippen LogP contribution in [-0.2, 0) is 13.2 Å². The van der Waals surface area contributed by atoms with Crippen molar-refractivity contribution in [2.45, 2.75) is 26.9 Å². The Morgan fingerprint density at radius 1 is 1.21 bits per heavy atom. The number of nitriles is 1. The van der Waals surface area contributed by atoms with Gasteiger partial charge >= 0.3 is 6.18 Å². The number of carbonyl (C=O) groups is 1. The summed E-state index contributed by atoms with van der Waals surface area (Å²) in [5, 5.41) is 26.6. The Morgan fingerprint density at radius 3 is 2.45 bits per heavy atom. The van der Waals surface area contributed by atoms with E-state index in [0.717, 1.165) is 6.21 Å². The zero-order valence-corrected chi connectivity index (χ0v) is 18.2. The lowest BCUT2D eigenvalue weighted by atomic mass is 10.00. The van der Waals surface area contributed by atoms with Gasteiger partial charge in [-0.3, -0.25) is 9.48 Å². The summed E-state index contributed by atoms with van der Waals surface area (Å²) in [5.41, 5.74) is 0.408. The highest BCUT2D eigenvalue weighted by atomic mass is 19.4. The van der Waals surface area contributed by atoms with Gasteiger partial charge in [0.05, 0.1) is 17.4 Å². The Kier molecular flexibility index (Phi) is 6.21. The average Bonchev–Trinajstić information content (AvgIpc) is 3.15. The third-order valence-corrected chi connectivity index (χ3v) is 5.13. The second-order valence-corrected chi connectivity index (χ2v) is 7.42. The number of anilines is 3. The molecule has 2 aromatic heterocycles. The molecule has 33 heavy (non-hydrogen) atoms. The van der Waals surface area contributed by atoms with Crippen molar-refractivity contribution in [3.8, 4) is 6.07 Å². The maximum absolute atomic E-state index is 13.4. The van der Waals surface area contributed by atoms with Gasteiger partial charge in [0.25, 0.3) is 5.91 Å². The fourth-order valence-electron chi connectivity index (χ4n) is 3.27. The van der Waals surface area contributed by atoms with Crippen molar-refractivity contribution < 1.29 is 18.0 Å². The van der Waals surface area contributed by atoms with Crippen LogP contribution in [0.1, 0.15) is 44.0 Å². The van der Waals surface area contributed by atoms with Crippen LogP contribution < -0.4 is 10.6 Å². The van der Waals surface area contributed by atoms with Gasteiger partial charge in [-0.15, -0.1) is 0 Å². The minimum Gasteiger partial charge on any atom is -0.352 e. The molecule has 0 saturated carbocycles. The van der Waals surface area contributed by atoms with Gasteiger partial charge in [-0.05, 0) is 49.6 Å². The quantitative estimate of drug-likeness (QED) is 0.485. The van der Waals surface area contributed by atoms with Gasteiger partial charge in [0, 0.05) is 36.4 Å². The Balaban J connectivity index is 2.02. The molecule has 8 nitrogen and oxygen atoms in total. The lowest BCUT2D eigenvalue weighted by Crippen LogP contribution is -2.22. The fourth-order valence-corrected chi connectivity index (χ4v) is 3.27. The van der Waals surface area contributed by atoms with E-state index in [-0.39, 0.29) is 11.1 Å². The number of nitrogens with zero attached hydrogens (tertiary/aromatic N) is 4. The molecule has 170 valence electrons. The number of aryl methyl sites for hydroxylation is 2. The van der Waals surface area contributed by atoms with Gasteiger partial charge in [-0.25, -0.2) is 4.98 Å². The molecule has 0 spiro atoms. The van der Waals surface area contributed by atoms with Crippen molar-refractivity contribution in [3.05, 3.63) is 63.7 Å². The number of aromatic nitrogens is 3. The molecule has 0 radical (unpaired) electrons. The third kappa shape index (κ3) is 4.69. The lowest BCUT2D eigenvalue weighted by molar-refractivity contribution is -0.141. The zero-order valence-electron chi connectivity index (χ0n) is 18.2. The molecule has 1 aromatic carbocycles. The van der Waals surface area contributed by atoms with E-state index >= 15 is 0 Å². The molecule has 0 aliphatic carbocycles. The number of pyridine rings is 1. The molecule has 0 aliphatic rings. The monoisotopic (exact) mass is 455 g/mol. The number of hydrogen-bond acceptors (Lipinski definition) is 6. The SMILES string of the molecule is Cc1cc(C=N)c(Nc2cnn(C)c2)cc1NC(=O)c1nc(C(F)(F)F)c(C#N)c(C)c1C. The third-order valence-electron chi connectivity index (χ3n) is 5.13. The Bertz CT molecular complexity index is 1300. The van der Waals surface area contributed by atoms with Crippen LogP contribution in [0.15, 0.2) is 24.5 Å². The van der Waals surface area contributed by atoms with Crippen molar-refractivity contribution >= 4 is 29.2 Å². The Morgan fingerprint density at radius 2 is 1.91 bits per heavy atom. The first kappa shape index (κ1) is 23.5. The molecule has 0 atom stereocenters. The van der Waals surface area contributed by atoms with Gasteiger partial charge in [0.15, 0.2) is 5.69 Å².